The summed E-state index contributed by atoms with van der Waals surface area (Å²) in [5, 5.41) is 2.59. The number of benzene rings is 2. The molecule has 2 rings (SSSR count). The molecule has 0 aromatic heterocycles. The topological polar surface area (TPSA) is 92.3 Å². The van der Waals surface area contributed by atoms with Gasteiger partial charge in [0.15, 0.2) is 6.10 Å². The molecule has 2 aromatic rings. The number of hydrogen-bond acceptors (Lipinski definition) is 7. The lowest BCUT2D eigenvalue weighted by Gasteiger charge is -2.19. The molecule has 2 aromatic carbocycles. The van der Waals surface area contributed by atoms with Gasteiger partial charge in [-0.1, -0.05) is 43.0 Å². The highest BCUT2D eigenvalue weighted by molar-refractivity contribution is 5.85. The molecular formula is C22H25NO7. The second-order valence-electron chi connectivity index (χ2n) is 6.00. The van der Waals surface area contributed by atoms with Gasteiger partial charge in [0.1, 0.15) is 18.1 Å². The Kier molecular flexibility index (Phi) is 8.71. The molecule has 160 valence electrons. The van der Waals surface area contributed by atoms with Crippen molar-refractivity contribution in [1.82, 2.24) is 0 Å². The van der Waals surface area contributed by atoms with E-state index in [1.54, 1.807) is 24.3 Å². The molecule has 0 bridgehead atoms. The number of ether oxygens (including phenoxy) is 5. The first-order valence-electron chi connectivity index (χ1n) is 9.08. The molecular weight excluding hydrogens is 390 g/mol. The summed E-state index contributed by atoms with van der Waals surface area (Å²) < 4.78 is 26.5. The number of hydrogen-bond donors (Lipinski definition) is 1. The quantitative estimate of drug-likeness (QED) is 0.465. The van der Waals surface area contributed by atoms with Crippen LogP contribution in [0.5, 0.6) is 11.5 Å². The van der Waals surface area contributed by atoms with Crippen LogP contribution in [0.15, 0.2) is 55.1 Å². The number of rotatable bonds is 10. The van der Waals surface area contributed by atoms with Gasteiger partial charge in [-0.25, -0.2) is 9.59 Å². The summed E-state index contributed by atoms with van der Waals surface area (Å²) in [7, 11) is 4.26. The predicted molar refractivity (Wildman–Crippen MR) is 111 cm³/mol. The lowest BCUT2D eigenvalue weighted by Crippen LogP contribution is -2.18. The Morgan fingerprint density at radius 3 is 2.23 bits per heavy atom. The van der Waals surface area contributed by atoms with Crippen molar-refractivity contribution in [2.75, 3.05) is 33.3 Å². The van der Waals surface area contributed by atoms with Crippen molar-refractivity contribution >= 4 is 17.7 Å². The monoisotopic (exact) mass is 415 g/mol. The van der Waals surface area contributed by atoms with Gasteiger partial charge in [-0.3, -0.25) is 5.32 Å². The minimum absolute atomic E-state index is 0.00218. The number of anilines is 1. The molecule has 0 spiro atoms. The SMILES string of the molecule is C=CCOC(=O)Nc1cc(OC)c(COC(C(=O)OC)c2ccccc2)c(OC)c1. The van der Waals surface area contributed by atoms with Crippen LogP contribution < -0.4 is 14.8 Å². The molecule has 1 atom stereocenters. The summed E-state index contributed by atoms with van der Waals surface area (Å²) in [5.74, 6) is 0.289. The van der Waals surface area contributed by atoms with E-state index < -0.39 is 18.2 Å². The number of carbonyl (C=O) groups excluding carboxylic acids is 2. The molecule has 0 radical (unpaired) electrons. The zero-order valence-corrected chi connectivity index (χ0v) is 17.2. The van der Waals surface area contributed by atoms with Crippen LogP contribution in [-0.2, 0) is 25.6 Å². The van der Waals surface area contributed by atoms with E-state index in [1.807, 2.05) is 18.2 Å². The molecule has 1 amide bonds. The first kappa shape index (κ1) is 22.8. The fourth-order valence-electron chi connectivity index (χ4n) is 2.69. The summed E-state index contributed by atoms with van der Waals surface area (Å²) in [6.45, 7) is 3.58. The Morgan fingerprint density at radius 1 is 1.07 bits per heavy atom. The van der Waals surface area contributed by atoms with E-state index in [0.717, 1.165) is 0 Å². The predicted octanol–water partition coefficient (Wildman–Crippen LogP) is 3.87. The van der Waals surface area contributed by atoms with Gasteiger partial charge in [0.05, 0.1) is 39.2 Å². The van der Waals surface area contributed by atoms with E-state index in [0.29, 0.717) is 28.3 Å². The number of esters is 1. The molecule has 1 unspecified atom stereocenters. The van der Waals surface area contributed by atoms with Gasteiger partial charge in [-0.2, -0.15) is 0 Å². The Balaban J connectivity index is 2.25. The first-order valence-corrected chi connectivity index (χ1v) is 9.08. The number of nitrogens with one attached hydrogen (secondary N) is 1. The maximum absolute atomic E-state index is 12.2. The highest BCUT2D eigenvalue weighted by Gasteiger charge is 2.24. The fraction of sp³-hybridized carbons (Fsp3) is 0.273. The third kappa shape index (κ3) is 5.99. The molecule has 0 fully saturated rings. The van der Waals surface area contributed by atoms with E-state index in [-0.39, 0.29) is 13.2 Å². The summed E-state index contributed by atoms with van der Waals surface area (Å²) in [6.07, 6.45) is -0.0961. The van der Waals surface area contributed by atoms with Gasteiger partial charge in [-0.05, 0) is 5.56 Å². The lowest BCUT2D eigenvalue weighted by molar-refractivity contribution is -0.155. The van der Waals surface area contributed by atoms with E-state index in [4.69, 9.17) is 23.7 Å². The largest absolute Gasteiger partial charge is 0.496 e. The zero-order chi connectivity index (χ0) is 21.9. The van der Waals surface area contributed by atoms with Crippen molar-refractivity contribution in [3.05, 3.63) is 66.2 Å². The molecule has 8 heteroatoms. The Morgan fingerprint density at radius 2 is 1.70 bits per heavy atom. The third-order valence-electron chi connectivity index (χ3n) is 4.10. The molecule has 0 aliphatic heterocycles. The van der Waals surface area contributed by atoms with Crippen LogP contribution in [0.2, 0.25) is 0 Å². The first-order chi connectivity index (χ1) is 14.5. The molecule has 0 saturated heterocycles. The van der Waals surface area contributed by atoms with E-state index in [9.17, 15) is 9.59 Å². The minimum atomic E-state index is -0.919. The summed E-state index contributed by atoms with van der Waals surface area (Å²) in [5.41, 5.74) is 1.63. The highest BCUT2D eigenvalue weighted by atomic mass is 16.6. The van der Waals surface area contributed by atoms with Gasteiger partial charge < -0.3 is 23.7 Å². The number of methoxy groups -OCH3 is 3. The summed E-state index contributed by atoms with van der Waals surface area (Å²) in [6, 6.07) is 12.2. The van der Waals surface area contributed by atoms with Crippen LogP contribution in [-0.4, -0.2) is 40.0 Å². The Labute approximate surface area is 175 Å². The highest BCUT2D eigenvalue weighted by Crippen LogP contribution is 2.35. The van der Waals surface area contributed by atoms with Gasteiger partial charge in [-0.15, -0.1) is 0 Å². The normalized spacial score (nSPS) is 11.2. The molecule has 0 heterocycles. The van der Waals surface area contributed by atoms with Crippen LogP contribution in [0.3, 0.4) is 0 Å². The van der Waals surface area contributed by atoms with Gasteiger partial charge in [0.25, 0.3) is 0 Å². The maximum atomic E-state index is 12.2. The van der Waals surface area contributed by atoms with Crippen molar-refractivity contribution in [2.24, 2.45) is 0 Å². The van der Waals surface area contributed by atoms with E-state index in [2.05, 4.69) is 11.9 Å². The summed E-state index contributed by atoms with van der Waals surface area (Å²) >= 11 is 0. The van der Waals surface area contributed by atoms with Crippen LogP contribution >= 0.6 is 0 Å². The summed E-state index contributed by atoms with van der Waals surface area (Å²) in [4.78, 5) is 24.0. The van der Waals surface area contributed by atoms with Crippen molar-refractivity contribution in [1.29, 1.82) is 0 Å². The van der Waals surface area contributed by atoms with E-state index in [1.165, 1.54) is 27.4 Å². The zero-order valence-electron chi connectivity index (χ0n) is 17.2. The lowest BCUT2D eigenvalue weighted by atomic mass is 10.1. The van der Waals surface area contributed by atoms with Crippen molar-refractivity contribution in [2.45, 2.75) is 12.7 Å². The fourth-order valence-corrected chi connectivity index (χ4v) is 2.69. The molecule has 0 saturated carbocycles. The van der Waals surface area contributed by atoms with Gasteiger partial charge in [0, 0.05) is 12.1 Å². The molecule has 8 nitrogen and oxygen atoms in total. The maximum Gasteiger partial charge on any atom is 0.411 e. The average Bonchev–Trinajstić information content (AvgIpc) is 2.78. The average molecular weight is 415 g/mol. The van der Waals surface area contributed by atoms with Crippen molar-refractivity contribution < 1.29 is 33.3 Å². The third-order valence-corrected chi connectivity index (χ3v) is 4.10. The molecule has 0 aliphatic rings. The number of carbonyl (C=O) groups is 2. The van der Waals surface area contributed by atoms with Crippen molar-refractivity contribution in [3.8, 4) is 11.5 Å². The van der Waals surface area contributed by atoms with Crippen LogP contribution in [0.4, 0.5) is 10.5 Å². The van der Waals surface area contributed by atoms with E-state index >= 15 is 0 Å². The second-order valence-corrected chi connectivity index (χ2v) is 6.00. The van der Waals surface area contributed by atoms with Crippen LogP contribution in [0.1, 0.15) is 17.2 Å². The van der Waals surface area contributed by atoms with Gasteiger partial charge >= 0.3 is 12.1 Å². The molecule has 0 aliphatic carbocycles. The number of amides is 1. The molecule has 1 N–H and O–H groups in total. The van der Waals surface area contributed by atoms with Crippen molar-refractivity contribution in [3.63, 3.8) is 0 Å². The second kappa shape index (κ2) is 11.5. The van der Waals surface area contributed by atoms with Crippen LogP contribution in [0, 0.1) is 0 Å². The van der Waals surface area contributed by atoms with Crippen LogP contribution in [0.25, 0.3) is 0 Å². The minimum Gasteiger partial charge on any atom is -0.496 e. The Bertz CT molecular complexity index is 842. The van der Waals surface area contributed by atoms with Gasteiger partial charge in [0.2, 0.25) is 0 Å². The standard InChI is InChI=1S/C22H25NO7/c1-5-11-29-22(25)23-16-12-18(26-2)17(19(13-16)27-3)14-30-20(21(24)28-4)15-9-7-6-8-10-15/h5-10,12-13,20H,1,11,14H2,2-4H3,(H,23,25). The molecule has 30 heavy (non-hydrogen) atoms. The Hall–Kier alpha value is -3.52. The smallest absolute Gasteiger partial charge is 0.411 e.